The first-order valence-electron chi connectivity index (χ1n) is 4.71. The van der Waals surface area contributed by atoms with Crippen LogP contribution < -0.4 is 5.32 Å². The van der Waals surface area contributed by atoms with Crippen molar-refractivity contribution in [1.29, 1.82) is 0 Å². The molecule has 0 heterocycles. The number of hydrogen-bond acceptors (Lipinski definition) is 1. The molecule has 3 heteroatoms. The largest absolute Gasteiger partial charge is 0.326 e. The van der Waals surface area contributed by atoms with Gasteiger partial charge in [0.25, 0.3) is 0 Å². The van der Waals surface area contributed by atoms with Crippen LogP contribution in [-0.4, -0.2) is 11.3 Å². The van der Waals surface area contributed by atoms with Gasteiger partial charge in [0.1, 0.15) is 0 Å². The molecule has 1 aromatic rings. The van der Waals surface area contributed by atoms with Crippen LogP contribution in [-0.2, 0) is 4.79 Å². The standard InChI is InChI=1S/C11H14ClNO/c1-2-9(12)8-11(14)13-10-6-4-3-5-7-10/h3-7,9H,2,8H2,1H3,(H,13,14). The summed E-state index contributed by atoms with van der Waals surface area (Å²) in [6.45, 7) is 1.97. The summed E-state index contributed by atoms with van der Waals surface area (Å²) < 4.78 is 0. The van der Waals surface area contributed by atoms with E-state index in [0.29, 0.717) is 6.42 Å². The summed E-state index contributed by atoms with van der Waals surface area (Å²) in [4.78, 5) is 11.4. The summed E-state index contributed by atoms with van der Waals surface area (Å²) in [5.41, 5.74) is 0.817. The fourth-order valence-corrected chi connectivity index (χ4v) is 1.22. The molecule has 1 rings (SSSR count). The molecule has 0 aliphatic rings. The van der Waals surface area contributed by atoms with Crippen LogP contribution in [0.2, 0.25) is 0 Å². The number of carbonyl (C=O) groups excluding carboxylic acids is 1. The Balaban J connectivity index is 2.42. The third kappa shape index (κ3) is 3.79. The predicted molar refractivity (Wildman–Crippen MR) is 59.6 cm³/mol. The molecule has 1 unspecified atom stereocenters. The molecule has 1 amide bonds. The van der Waals surface area contributed by atoms with Crippen LogP contribution >= 0.6 is 11.6 Å². The number of benzene rings is 1. The van der Waals surface area contributed by atoms with Crippen molar-refractivity contribution in [2.75, 3.05) is 5.32 Å². The molecule has 1 N–H and O–H groups in total. The Kier molecular flexibility index (Phi) is 4.47. The van der Waals surface area contributed by atoms with E-state index >= 15 is 0 Å². The number of anilines is 1. The fraction of sp³-hybridized carbons (Fsp3) is 0.364. The Morgan fingerprint density at radius 1 is 1.43 bits per heavy atom. The molecule has 0 spiro atoms. The van der Waals surface area contributed by atoms with E-state index in [1.165, 1.54) is 0 Å². The van der Waals surface area contributed by atoms with Crippen LogP contribution in [0.4, 0.5) is 5.69 Å². The number of para-hydroxylation sites is 1. The van der Waals surface area contributed by atoms with E-state index in [0.717, 1.165) is 12.1 Å². The van der Waals surface area contributed by atoms with E-state index in [-0.39, 0.29) is 11.3 Å². The molecule has 0 fully saturated rings. The number of nitrogens with one attached hydrogen (secondary N) is 1. The lowest BCUT2D eigenvalue weighted by atomic mass is 10.2. The second-order valence-corrected chi connectivity index (χ2v) is 3.74. The Hall–Kier alpha value is -1.02. The minimum absolute atomic E-state index is 0.0296. The summed E-state index contributed by atoms with van der Waals surface area (Å²) in [7, 11) is 0. The molecule has 76 valence electrons. The lowest BCUT2D eigenvalue weighted by Gasteiger charge is -2.07. The highest BCUT2D eigenvalue weighted by Gasteiger charge is 2.08. The minimum atomic E-state index is -0.0706. The second kappa shape index (κ2) is 5.66. The molecule has 0 aliphatic carbocycles. The number of halogens is 1. The first kappa shape index (κ1) is 11.1. The van der Waals surface area contributed by atoms with Crippen molar-refractivity contribution in [3.8, 4) is 0 Å². The zero-order valence-corrected chi connectivity index (χ0v) is 8.92. The van der Waals surface area contributed by atoms with Crippen LogP contribution in [0.15, 0.2) is 30.3 Å². The summed E-state index contributed by atoms with van der Waals surface area (Å²) in [6, 6.07) is 9.38. The first-order chi connectivity index (χ1) is 6.72. The van der Waals surface area contributed by atoms with Gasteiger partial charge in [0.05, 0.1) is 0 Å². The van der Waals surface area contributed by atoms with E-state index in [4.69, 9.17) is 11.6 Å². The molecule has 1 atom stereocenters. The van der Waals surface area contributed by atoms with Gasteiger partial charge in [-0.3, -0.25) is 4.79 Å². The lowest BCUT2D eigenvalue weighted by molar-refractivity contribution is -0.116. The molecule has 0 radical (unpaired) electrons. The Morgan fingerprint density at radius 2 is 2.07 bits per heavy atom. The average Bonchev–Trinajstić information content (AvgIpc) is 2.19. The number of amides is 1. The van der Waals surface area contributed by atoms with Crippen molar-refractivity contribution in [3.05, 3.63) is 30.3 Å². The summed E-state index contributed by atoms with van der Waals surface area (Å²) >= 11 is 5.87. The van der Waals surface area contributed by atoms with Crippen LogP contribution in [0.25, 0.3) is 0 Å². The van der Waals surface area contributed by atoms with Gasteiger partial charge in [-0.25, -0.2) is 0 Å². The van der Waals surface area contributed by atoms with Crippen LogP contribution in [0.3, 0.4) is 0 Å². The SMILES string of the molecule is CCC(Cl)CC(=O)Nc1ccccc1. The highest BCUT2D eigenvalue weighted by atomic mass is 35.5. The van der Waals surface area contributed by atoms with E-state index in [1.807, 2.05) is 37.3 Å². The molecule has 14 heavy (non-hydrogen) atoms. The van der Waals surface area contributed by atoms with Gasteiger partial charge in [-0.15, -0.1) is 11.6 Å². The molecule has 0 saturated carbocycles. The number of carbonyl (C=O) groups is 1. The number of alkyl halides is 1. The minimum Gasteiger partial charge on any atom is -0.326 e. The fourth-order valence-electron chi connectivity index (χ4n) is 1.08. The van der Waals surface area contributed by atoms with Gasteiger partial charge >= 0.3 is 0 Å². The predicted octanol–water partition coefficient (Wildman–Crippen LogP) is 3.03. The third-order valence-corrected chi connectivity index (χ3v) is 2.37. The molecular formula is C11H14ClNO. The maximum atomic E-state index is 11.4. The number of rotatable bonds is 4. The van der Waals surface area contributed by atoms with Crippen LogP contribution in [0, 0.1) is 0 Å². The van der Waals surface area contributed by atoms with Crippen molar-refractivity contribution in [2.24, 2.45) is 0 Å². The maximum Gasteiger partial charge on any atom is 0.225 e. The van der Waals surface area contributed by atoms with E-state index < -0.39 is 0 Å². The van der Waals surface area contributed by atoms with Crippen LogP contribution in [0.1, 0.15) is 19.8 Å². The van der Waals surface area contributed by atoms with Crippen molar-refractivity contribution in [3.63, 3.8) is 0 Å². The quantitative estimate of drug-likeness (QED) is 0.763. The van der Waals surface area contributed by atoms with Gasteiger partial charge in [-0.05, 0) is 18.6 Å². The molecule has 0 bridgehead atoms. The van der Waals surface area contributed by atoms with Gasteiger partial charge in [0, 0.05) is 17.5 Å². The molecule has 0 saturated heterocycles. The zero-order valence-electron chi connectivity index (χ0n) is 8.16. The summed E-state index contributed by atoms with van der Waals surface area (Å²) in [5, 5.41) is 2.71. The van der Waals surface area contributed by atoms with Crippen molar-refractivity contribution in [1.82, 2.24) is 0 Å². The topological polar surface area (TPSA) is 29.1 Å². The van der Waals surface area contributed by atoms with Crippen molar-refractivity contribution in [2.45, 2.75) is 25.1 Å². The zero-order chi connectivity index (χ0) is 10.4. The van der Waals surface area contributed by atoms with E-state index in [9.17, 15) is 4.79 Å². The monoisotopic (exact) mass is 211 g/mol. The third-order valence-electron chi connectivity index (χ3n) is 1.91. The smallest absolute Gasteiger partial charge is 0.225 e. The molecule has 2 nitrogen and oxygen atoms in total. The van der Waals surface area contributed by atoms with Gasteiger partial charge in [0.15, 0.2) is 0 Å². The Labute approximate surface area is 89.3 Å². The highest BCUT2D eigenvalue weighted by molar-refractivity contribution is 6.22. The molecule has 0 aliphatic heterocycles. The summed E-state index contributed by atoms with van der Waals surface area (Å²) in [5.74, 6) is -0.0296. The van der Waals surface area contributed by atoms with Gasteiger partial charge in [-0.1, -0.05) is 25.1 Å². The number of hydrogen-bond donors (Lipinski definition) is 1. The first-order valence-corrected chi connectivity index (χ1v) is 5.15. The van der Waals surface area contributed by atoms with Gasteiger partial charge in [-0.2, -0.15) is 0 Å². The maximum absolute atomic E-state index is 11.4. The average molecular weight is 212 g/mol. The Morgan fingerprint density at radius 3 is 2.64 bits per heavy atom. The van der Waals surface area contributed by atoms with Gasteiger partial charge < -0.3 is 5.32 Å². The van der Waals surface area contributed by atoms with Crippen molar-refractivity contribution >= 4 is 23.2 Å². The summed E-state index contributed by atoms with van der Waals surface area (Å²) in [6.07, 6.45) is 1.18. The van der Waals surface area contributed by atoms with E-state index in [1.54, 1.807) is 0 Å². The van der Waals surface area contributed by atoms with Crippen LogP contribution in [0.5, 0.6) is 0 Å². The van der Waals surface area contributed by atoms with E-state index in [2.05, 4.69) is 5.32 Å². The highest BCUT2D eigenvalue weighted by Crippen LogP contribution is 2.10. The molecule has 1 aromatic carbocycles. The molecular weight excluding hydrogens is 198 g/mol. The van der Waals surface area contributed by atoms with Gasteiger partial charge in [0.2, 0.25) is 5.91 Å². The molecule has 0 aromatic heterocycles. The van der Waals surface area contributed by atoms with Crippen molar-refractivity contribution < 1.29 is 4.79 Å². The Bertz CT molecular complexity index is 287. The second-order valence-electron chi connectivity index (χ2n) is 3.12. The normalized spacial score (nSPS) is 12.1. The lowest BCUT2D eigenvalue weighted by Crippen LogP contribution is -2.16.